The molecule has 3 aliphatic heterocycles. The normalized spacial score (nSPS) is 22.7. The highest BCUT2D eigenvalue weighted by molar-refractivity contribution is 9.10. The molecule has 3 aromatic heterocycles. The van der Waals surface area contributed by atoms with Gasteiger partial charge in [0, 0.05) is 42.4 Å². The number of hydrogen-bond acceptors (Lipinski definition) is 10. The van der Waals surface area contributed by atoms with Crippen LogP contribution < -0.4 is 15.4 Å². The lowest BCUT2D eigenvalue weighted by molar-refractivity contribution is 0.107. The standard InChI is InChI=1S/C37H36BrClF3N9O2S/c1-4-49(26-8-11-50(19(26)3)36(52)51-17-45-18(2)32(51)38)34-22-12-24(39)28(21-6-7-25(41)31-27(21)23(14-43)33(44)54-31)29(42)30(22)46-35(47-34)53-16-37-9-5-10-48(37)15-20(40)13-37/h6-7,12,17,19-20,26H,4-5,8-11,13,15-16,44H2,1-3H3/t19-,20-,26-,37+/m1/s1. The van der Waals surface area contributed by atoms with Crippen LogP contribution >= 0.6 is 38.9 Å². The number of nitrogen functional groups attached to an aromatic ring is 1. The van der Waals surface area contributed by atoms with Crippen LogP contribution in [0.3, 0.4) is 0 Å². The van der Waals surface area contributed by atoms with Crippen molar-refractivity contribution in [1.29, 1.82) is 5.26 Å². The van der Waals surface area contributed by atoms with E-state index >= 15 is 8.78 Å². The molecular formula is C37H36BrClF3N9O2S. The Morgan fingerprint density at radius 1 is 1.30 bits per heavy atom. The fourth-order valence-corrected chi connectivity index (χ4v) is 10.3. The Morgan fingerprint density at radius 2 is 2.09 bits per heavy atom. The Morgan fingerprint density at radius 3 is 2.81 bits per heavy atom. The maximum atomic E-state index is 17.3. The number of imidazole rings is 1. The van der Waals surface area contributed by atoms with Crippen molar-refractivity contribution in [3.8, 4) is 23.2 Å². The van der Waals surface area contributed by atoms with Gasteiger partial charge >= 0.3 is 12.0 Å². The highest BCUT2D eigenvalue weighted by Gasteiger charge is 2.49. The van der Waals surface area contributed by atoms with Crippen molar-refractivity contribution in [3.05, 3.63) is 57.0 Å². The third-order valence-corrected chi connectivity index (χ3v) is 13.6. The molecule has 282 valence electrons. The summed E-state index contributed by atoms with van der Waals surface area (Å²) in [6.07, 6.45) is 3.09. The SMILES string of the molecule is CCN(c1nc(OC[C@@]23CCCN2C[C@H](F)C3)nc2c(F)c(-c3ccc(F)c4sc(N)c(C#N)c34)c(Cl)cc12)[C@@H]1CCN(C(=O)n2cnc(C)c2Br)[C@@H]1C. The number of benzene rings is 2. The maximum Gasteiger partial charge on any atom is 0.330 e. The molecule has 0 aliphatic carbocycles. The molecule has 3 saturated heterocycles. The monoisotopic (exact) mass is 841 g/mol. The van der Waals surface area contributed by atoms with Gasteiger partial charge in [0.15, 0.2) is 5.82 Å². The first-order chi connectivity index (χ1) is 25.9. The fraction of sp³-hybridized carbons (Fsp3) is 0.432. The number of carbonyl (C=O) groups is 1. The lowest BCUT2D eigenvalue weighted by Gasteiger charge is -2.35. The average Bonchev–Trinajstić information content (AvgIpc) is 3.94. The van der Waals surface area contributed by atoms with Gasteiger partial charge in [-0.3, -0.25) is 4.90 Å². The van der Waals surface area contributed by atoms with Crippen LogP contribution in [0.1, 0.15) is 50.8 Å². The second kappa shape index (κ2) is 13.8. The number of likely N-dealkylation sites (N-methyl/N-ethyl adjacent to an activating group) is 1. The highest BCUT2D eigenvalue weighted by Crippen LogP contribution is 2.46. The second-order valence-electron chi connectivity index (χ2n) is 14.2. The lowest BCUT2D eigenvalue weighted by atomic mass is 9.95. The molecule has 11 nitrogen and oxygen atoms in total. The van der Waals surface area contributed by atoms with Crippen molar-refractivity contribution in [2.75, 3.05) is 43.4 Å². The Kier molecular flexibility index (Phi) is 9.43. The number of aromatic nitrogens is 4. The topological polar surface area (TPSA) is 129 Å². The van der Waals surface area contributed by atoms with Gasteiger partial charge in [0.2, 0.25) is 0 Å². The Balaban J connectivity index is 1.26. The van der Waals surface area contributed by atoms with Crippen molar-refractivity contribution >= 4 is 76.7 Å². The van der Waals surface area contributed by atoms with Gasteiger partial charge < -0.3 is 20.3 Å². The average molecular weight is 843 g/mol. The van der Waals surface area contributed by atoms with Crippen molar-refractivity contribution in [2.24, 2.45) is 0 Å². The third-order valence-electron chi connectivity index (χ3n) is 11.3. The van der Waals surface area contributed by atoms with Crippen LogP contribution in [0.25, 0.3) is 32.1 Å². The van der Waals surface area contributed by atoms with E-state index in [2.05, 4.69) is 30.8 Å². The van der Waals surface area contributed by atoms with Gasteiger partial charge in [-0.2, -0.15) is 15.2 Å². The Labute approximate surface area is 326 Å². The number of carbonyl (C=O) groups excluding carboxylic acids is 1. The number of aryl methyl sites for hydroxylation is 1. The van der Waals surface area contributed by atoms with Crippen LogP contribution in [0, 0.1) is 29.9 Å². The smallest absolute Gasteiger partial charge is 0.330 e. The van der Waals surface area contributed by atoms with E-state index in [1.807, 2.05) is 31.7 Å². The zero-order valence-electron chi connectivity index (χ0n) is 29.7. The zero-order chi connectivity index (χ0) is 38.2. The number of rotatable bonds is 7. The van der Waals surface area contributed by atoms with E-state index in [0.717, 1.165) is 30.7 Å². The first-order valence-corrected chi connectivity index (χ1v) is 19.8. The minimum Gasteiger partial charge on any atom is -0.461 e. The summed E-state index contributed by atoms with van der Waals surface area (Å²) in [5, 5.41) is 10.5. The summed E-state index contributed by atoms with van der Waals surface area (Å²) in [6.45, 7) is 7.81. The van der Waals surface area contributed by atoms with Crippen LogP contribution in [0.15, 0.2) is 29.1 Å². The predicted molar refractivity (Wildman–Crippen MR) is 206 cm³/mol. The van der Waals surface area contributed by atoms with Gasteiger partial charge in [-0.05, 0) is 80.2 Å². The molecule has 2 aromatic carbocycles. The number of alkyl halides is 1. The molecule has 0 unspecified atom stereocenters. The van der Waals surface area contributed by atoms with Gasteiger partial charge in [0.1, 0.15) is 51.9 Å². The van der Waals surface area contributed by atoms with Gasteiger partial charge in [-0.15, -0.1) is 11.3 Å². The van der Waals surface area contributed by atoms with E-state index in [4.69, 9.17) is 27.1 Å². The lowest BCUT2D eigenvalue weighted by Crippen LogP contribution is -2.47. The molecule has 0 spiro atoms. The van der Waals surface area contributed by atoms with Gasteiger partial charge in [0.25, 0.3) is 0 Å². The highest BCUT2D eigenvalue weighted by atomic mass is 79.9. The van der Waals surface area contributed by atoms with Crippen molar-refractivity contribution in [2.45, 2.75) is 70.2 Å². The van der Waals surface area contributed by atoms with Crippen LogP contribution in [-0.4, -0.2) is 91.9 Å². The molecule has 0 saturated carbocycles. The molecule has 0 bridgehead atoms. The van der Waals surface area contributed by atoms with Crippen molar-refractivity contribution < 1.29 is 22.7 Å². The number of thiophene rings is 1. The number of amides is 1. The van der Waals surface area contributed by atoms with Crippen molar-refractivity contribution in [1.82, 2.24) is 29.3 Å². The summed E-state index contributed by atoms with van der Waals surface area (Å²) < 4.78 is 55.5. The molecular weight excluding hydrogens is 807 g/mol. The van der Waals surface area contributed by atoms with Gasteiger partial charge in [-0.1, -0.05) is 17.7 Å². The summed E-state index contributed by atoms with van der Waals surface area (Å²) in [5.74, 6) is -1.06. The minimum absolute atomic E-state index is 0.00632. The molecule has 0 radical (unpaired) electrons. The van der Waals surface area contributed by atoms with E-state index in [9.17, 15) is 14.4 Å². The molecule has 1 amide bonds. The van der Waals surface area contributed by atoms with Gasteiger partial charge in [0.05, 0.1) is 38.6 Å². The molecule has 8 rings (SSSR count). The van der Waals surface area contributed by atoms with E-state index in [-0.39, 0.29) is 73.0 Å². The summed E-state index contributed by atoms with van der Waals surface area (Å²) in [7, 11) is 0. The third kappa shape index (κ3) is 5.77. The number of nitrogens with zero attached hydrogens (tertiary/aromatic N) is 8. The summed E-state index contributed by atoms with van der Waals surface area (Å²) in [6, 6.07) is 5.31. The fourth-order valence-electron chi connectivity index (χ4n) is 8.69. The van der Waals surface area contributed by atoms with E-state index in [0.29, 0.717) is 54.0 Å². The van der Waals surface area contributed by atoms with Crippen LogP contribution in [0.2, 0.25) is 5.02 Å². The number of anilines is 2. The van der Waals surface area contributed by atoms with Crippen LogP contribution in [-0.2, 0) is 0 Å². The number of halogens is 5. The van der Waals surface area contributed by atoms with E-state index in [1.54, 1.807) is 11.0 Å². The predicted octanol–water partition coefficient (Wildman–Crippen LogP) is 8.08. The first kappa shape index (κ1) is 36.8. The minimum atomic E-state index is -0.974. The number of nitriles is 1. The maximum absolute atomic E-state index is 17.3. The number of hydrogen-bond donors (Lipinski definition) is 1. The Hall–Kier alpha value is -4.17. The molecule has 4 atom stereocenters. The second-order valence-corrected chi connectivity index (χ2v) is 16.4. The first-order valence-electron chi connectivity index (χ1n) is 17.8. The molecule has 6 heterocycles. The molecule has 54 heavy (non-hydrogen) atoms. The quantitative estimate of drug-likeness (QED) is 0.173. The summed E-state index contributed by atoms with van der Waals surface area (Å²) in [4.78, 5) is 33.3. The van der Waals surface area contributed by atoms with E-state index < -0.39 is 23.3 Å². The summed E-state index contributed by atoms with van der Waals surface area (Å²) >= 11 is 11.3. The number of nitrogens with two attached hydrogens (primary N) is 1. The molecule has 3 fully saturated rings. The number of ether oxygens (including phenoxy) is 1. The molecule has 3 aliphatic rings. The van der Waals surface area contributed by atoms with Crippen LogP contribution in [0.4, 0.5) is 28.8 Å². The number of fused-ring (bicyclic) bond motifs is 3. The van der Waals surface area contributed by atoms with E-state index in [1.165, 1.54) is 23.0 Å². The van der Waals surface area contributed by atoms with Crippen LogP contribution in [0.5, 0.6) is 6.01 Å². The number of likely N-dealkylation sites (tertiary alicyclic amines) is 1. The van der Waals surface area contributed by atoms with Crippen molar-refractivity contribution in [3.63, 3.8) is 0 Å². The zero-order valence-corrected chi connectivity index (χ0v) is 32.8. The summed E-state index contributed by atoms with van der Waals surface area (Å²) in [5.41, 5.74) is 6.32. The Bertz CT molecular complexity index is 2390. The van der Waals surface area contributed by atoms with Gasteiger partial charge in [-0.25, -0.2) is 27.5 Å². The molecule has 5 aromatic rings. The largest absolute Gasteiger partial charge is 0.461 e. The molecule has 17 heteroatoms. The molecule has 2 N–H and O–H groups in total.